The maximum Gasteiger partial charge on any atom is 0.256 e. The highest BCUT2D eigenvalue weighted by molar-refractivity contribution is 6.09. The van der Waals surface area contributed by atoms with Gasteiger partial charge in [-0.3, -0.25) is 9.59 Å². The lowest BCUT2D eigenvalue weighted by molar-refractivity contribution is 0.0786. The van der Waals surface area contributed by atoms with E-state index in [2.05, 4.69) is 5.32 Å². The first-order valence-electron chi connectivity index (χ1n) is 11.7. The number of hydrogen-bond acceptors (Lipinski definition) is 5. The normalized spacial score (nSPS) is 10.4. The Morgan fingerprint density at radius 2 is 1.37 bits per heavy atom. The Kier molecular flexibility index (Phi) is 9.12. The molecule has 0 saturated carbocycles. The van der Waals surface area contributed by atoms with Gasteiger partial charge in [0.2, 0.25) is 5.75 Å². The highest BCUT2D eigenvalue weighted by atomic mass is 16.5. The van der Waals surface area contributed by atoms with Crippen LogP contribution in [0.25, 0.3) is 0 Å². The third-order valence-corrected chi connectivity index (χ3v) is 5.19. The summed E-state index contributed by atoms with van der Waals surface area (Å²) in [7, 11) is 1.74. The number of benzene rings is 3. The summed E-state index contributed by atoms with van der Waals surface area (Å²) in [6.45, 7) is 7.28. The predicted molar refractivity (Wildman–Crippen MR) is 137 cm³/mol. The van der Waals surface area contributed by atoms with Crippen molar-refractivity contribution < 1.29 is 23.8 Å². The summed E-state index contributed by atoms with van der Waals surface area (Å²) in [5.41, 5.74) is 2.18. The molecule has 0 heterocycles. The van der Waals surface area contributed by atoms with Crippen LogP contribution in [-0.2, 0) is 6.54 Å². The molecule has 3 rings (SSSR count). The number of hydrogen-bond donors (Lipinski definition) is 1. The summed E-state index contributed by atoms with van der Waals surface area (Å²) in [4.78, 5) is 28.1. The zero-order valence-electron chi connectivity index (χ0n) is 20.7. The number of carbonyl (C=O) groups is 2. The number of rotatable bonds is 11. The minimum Gasteiger partial charge on any atom is -0.490 e. The van der Waals surface area contributed by atoms with Crippen LogP contribution in [0.3, 0.4) is 0 Å². The molecule has 1 N–H and O–H groups in total. The minimum absolute atomic E-state index is 0.193. The Hall–Kier alpha value is -4.00. The average molecular weight is 477 g/mol. The molecule has 0 fully saturated rings. The lowest BCUT2D eigenvalue weighted by atomic mass is 10.1. The van der Waals surface area contributed by atoms with Gasteiger partial charge >= 0.3 is 0 Å². The van der Waals surface area contributed by atoms with Crippen LogP contribution in [0.15, 0.2) is 66.7 Å². The predicted octanol–water partition coefficient (Wildman–Crippen LogP) is 5.41. The first-order valence-corrected chi connectivity index (χ1v) is 11.7. The number of carbonyl (C=O) groups excluding carboxylic acids is 2. The molecule has 0 aliphatic rings. The molecule has 3 aromatic rings. The van der Waals surface area contributed by atoms with Crippen molar-refractivity contribution in [2.45, 2.75) is 27.3 Å². The molecule has 0 atom stereocenters. The first-order chi connectivity index (χ1) is 17.0. The van der Waals surface area contributed by atoms with Gasteiger partial charge in [0.25, 0.3) is 11.8 Å². The molecule has 0 spiro atoms. The SMILES string of the molecule is CCOc1cc(C(=O)Nc2ccccc2C(=O)N(C)Cc2ccccc2)cc(OCC)c1OCC. The van der Waals surface area contributed by atoms with E-state index in [9.17, 15) is 9.59 Å². The van der Waals surface area contributed by atoms with Crippen molar-refractivity contribution >= 4 is 17.5 Å². The number of para-hydroxylation sites is 1. The summed E-state index contributed by atoms with van der Waals surface area (Å²) in [6.07, 6.45) is 0. The van der Waals surface area contributed by atoms with Crippen LogP contribution in [0.5, 0.6) is 17.2 Å². The average Bonchev–Trinajstić information content (AvgIpc) is 2.86. The second-order valence-electron chi connectivity index (χ2n) is 7.75. The fourth-order valence-corrected chi connectivity index (χ4v) is 3.63. The monoisotopic (exact) mass is 476 g/mol. The van der Waals surface area contributed by atoms with E-state index >= 15 is 0 Å². The van der Waals surface area contributed by atoms with E-state index in [1.165, 1.54) is 0 Å². The number of anilines is 1. The van der Waals surface area contributed by atoms with Crippen LogP contribution in [-0.4, -0.2) is 43.6 Å². The maximum atomic E-state index is 13.2. The van der Waals surface area contributed by atoms with Crippen molar-refractivity contribution in [2.75, 3.05) is 32.2 Å². The molecule has 0 unspecified atom stereocenters. The lowest BCUT2D eigenvalue weighted by Gasteiger charge is -2.20. The third kappa shape index (κ3) is 6.53. The molecule has 7 heteroatoms. The zero-order valence-corrected chi connectivity index (χ0v) is 20.7. The summed E-state index contributed by atoms with van der Waals surface area (Å²) in [5.74, 6) is 0.739. The topological polar surface area (TPSA) is 77.1 Å². The quantitative estimate of drug-likeness (QED) is 0.401. The van der Waals surface area contributed by atoms with Crippen molar-refractivity contribution in [1.29, 1.82) is 0 Å². The summed E-state index contributed by atoms with van der Waals surface area (Å²) < 4.78 is 17.2. The summed E-state index contributed by atoms with van der Waals surface area (Å²) in [5, 5.41) is 2.88. The largest absolute Gasteiger partial charge is 0.490 e. The van der Waals surface area contributed by atoms with Gasteiger partial charge in [-0.25, -0.2) is 0 Å². The lowest BCUT2D eigenvalue weighted by Crippen LogP contribution is -2.27. The van der Waals surface area contributed by atoms with E-state index in [1.807, 2.05) is 51.1 Å². The van der Waals surface area contributed by atoms with Crippen molar-refractivity contribution in [3.63, 3.8) is 0 Å². The van der Waals surface area contributed by atoms with Gasteiger partial charge in [-0.2, -0.15) is 0 Å². The smallest absolute Gasteiger partial charge is 0.256 e. The Bertz CT molecular complexity index is 1120. The Balaban J connectivity index is 1.87. The van der Waals surface area contributed by atoms with E-state index in [-0.39, 0.29) is 11.8 Å². The van der Waals surface area contributed by atoms with Crippen LogP contribution < -0.4 is 19.5 Å². The van der Waals surface area contributed by atoms with Gasteiger partial charge in [0, 0.05) is 19.2 Å². The van der Waals surface area contributed by atoms with Crippen LogP contribution in [0, 0.1) is 0 Å². The van der Waals surface area contributed by atoms with Gasteiger partial charge in [0.1, 0.15) is 0 Å². The molecule has 35 heavy (non-hydrogen) atoms. The summed E-state index contributed by atoms with van der Waals surface area (Å²) in [6, 6.07) is 20.0. The Morgan fingerprint density at radius 3 is 1.97 bits per heavy atom. The van der Waals surface area contributed by atoms with Gasteiger partial charge < -0.3 is 24.4 Å². The first kappa shape index (κ1) is 25.6. The van der Waals surface area contributed by atoms with Gasteiger partial charge in [0.15, 0.2) is 11.5 Å². The minimum atomic E-state index is -0.388. The molecule has 0 aromatic heterocycles. The maximum absolute atomic E-state index is 13.2. The second-order valence-corrected chi connectivity index (χ2v) is 7.75. The van der Waals surface area contributed by atoms with E-state index in [1.54, 1.807) is 48.3 Å². The Labute approximate surface area is 206 Å². The molecule has 0 bridgehead atoms. The van der Waals surface area contributed by atoms with Crippen molar-refractivity contribution in [3.8, 4) is 17.2 Å². The van der Waals surface area contributed by atoms with Crippen LogP contribution in [0.2, 0.25) is 0 Å². The second kappa shape index (κ2) is 12.5. The fraction of sp³-hybridized carbons (Fsp3) is 0.286. The van der Waals surface area contributed by atoms with E-state index in [0.29, 0.717) is 60.4 Å². The number of nitrogens with one attached hydrogen (secondary N) is 1. The molecular formula is C28H32N2O5. The molecule has 3 aromatic carbocycles. The molecule has 184 valence electrons. The molecule has 7 nitrogen and oxygen atoms in total. The Morgan fingerprint density at radius 1 is 0.800 bits per heavy atom. The van der Waals surface area contributed by atoms with Gasteiger partial charge in [0.05, 0.1) is 31.1 Å². The van der Waals surface area contributed by atoms with Crippen LogP contribution in [0.4, 0.5) is 5.69 Å². The standard InChI is InChI=1S/C28H32N2O5/c1-5-33-24-17-21(18-25(34-6-2)26(24)35-7-3)27(31)29-23-16-12-11-15-22(23)28(32)30(4)19-20-13-9-8-10-14-20/h8-18H,5-7,19H2,1-4H3,(H,29,31). The van der Waals surface area contributed by atoms with Crippen LogP contribution >= 0.6 is 0 Å². The molecule has 0 saturated heterocycles. The highest BCUT2D eigenvalue weighted by Gasteiger charge is 2.21. The summed E-state index contributed by atoms with van der Waals surface area (Å²) >= 11 is 0. The van der Waals surface area contributed by atoms with Crippen molar-refractivity contribution in [3.05, 3.63) is 83.4 Å². The van der Waals surface area contributed by atoms with Gasteiger partial charge in [-0.05, 0) is 50.6 Å². The molecular weight excluding hydrogens is 444 g/mol. The van der Waals surface area contributed by atoms with Crippen molar-refractivity contribution in [2.24, 2.45) is 0 Å². The molecule has 0 aliphatic heterocycles. The molecule has 0 aliphatic carbocycles. The number of amides is 2. The van der Waals surface area contributed by atoms with Crippen LogP contribution in [0.1, 0.15) is 47.1 Å². The third-order valence-electron chi connectivity index (χ3n) is 5.19. The zero-order chi connectivity index (χ0) is 25.2. The highest BCUT2D eigenvalue weighted by Crippen LogP contribution is 2.39. The fourth-order valence-electron chi connectivity index (χ4n) is 3.63. The van der Waals surface area contributed by atoms with E-state index in [0.717, 1.165) is 5.56 Å². The molecule has 2 amide bonds. The van der Waals surface area contributed by atoms with E-state index in [4.69, 9.17) is 14.2 Å². The molecule has 0 radical (unpaired) electrons. The van der Waals surface area contributed by atoms with E-state index < -0.39 is 0 Å². The van der Waals surface area contributed by atoms with Crippen molar-refractivity contribution in [1.82, 2.24) is 4.90 Å². The number of nitrogens with zero attached hydrogens (tertiary/aromatic N) is 1. The number of ether oxygens (including phenoxy) is 3. The van der Waals surface area contributed by atoms with Gasteiger partial charge in [-0.1, -0.05) is 42.5 Å². The van der Waals surface area contributed by atoms with Gasteiger partial charge in [-0.15, -0.1) is 0 Å².